The summed E-state index contributed by atoms with van der Waals surface area (Å²) in [6, 6.07) is 5.57. The standard InChI is InChI=1S/C18H16F6N4O3S/c19-17(20,21)16(29,18(22,23)24)12-1-3-13(4-2-12)27-7-9-28(10-8-27)32(30,31)14-5-6-15(25)26-11-14/h1-7,9,11,29H,8,10H2,(H2,25,26). The molecule has 32 heavy (non-hydrogen) atoms. The summed E-state index contributed by atoms with van der Waals surface area (Å²) in [7, 11) is -3.92. The summed E-state index contributed by atoms with van der Waals surface area (Å²) >= 11 is 0. The molecular weight excluding hydrogens is 466 g/mol. The van der Waals surface area contributed by atoms with Gasteiger partial charge in [0.15, 0.2) is 0 Å². The van der Waals surface area contributed by atoms with Crippen molar-refractivity contribution in [2.45, 2.75) is 22.8 Å². The van der Waals surface area contributed by atoms with Crippen LogP contribution in [0.3, 0.4) is 0 Å². The van der Waals surface area contributed by atoms with Crippen molar-refractivity contribution < 1.29 is 39.9 Å². The van der Waals surface area contributed by atoms with Gasteiger partial charge in [-0.2, -0.15) is 26.3 Å². The van der Waals surface area contributed by atoms with E-state index in [4.69, 9.17) is 5.73 Å². The van der Waals surface area contributed by atoms with Gasteiger partial charge in [-0.05, 0) is 24.3 Å². The van der Waals surface area contributed by atoms with Crippen LogP contribution in [0.1, 0.15) is 5.56 Å². The van der Waals surface area contributed by atoms with E-state index in [1.165, 1.54) is 29.4 Å². The number of hydrogen-bond donors (Lipinski definition) is 2. The fourth-order valence-electron chi connectivity index (χ4n) is 2.99. The van der Waals surface area contributed by atoms with Crippen LogP contribution in [0.4, 0.5) is 37.8 Å². The predicted octanol–water partition coefficient (Wildman–Crippen LogP) is 2.96. The summed E-state index contributed by atoms with van der Waals surface area (Å²) < 4.78 is 104. The minimum absolute atomic E-state index is 0.0556. The molecule has 3 N–H and O–H groups in total. The molecular formula is C18H16F6N4O3S. The minimum Gasteiger partial charge on any atom is -0.384 e. The Morgan fingerprint density at radius 3 is 1.94 bits per heavy atom. The molecule has 1 aromatic heterocycles. The molecule has 0 spiro atoms. The Labute approximate surface area is 178 Å². The van der Waals surface area contributed by atoms with Crippen LogP contribution in [-0.2, 0) is 15.6 Å². The number of hydrogen-bond acceptors (Lipinski definition) is 6. The van der Waals surface area contributed by atoms with E-state index < -0.39 is 33.5 Å². The molecule has 3 rings (SSSR count). The van der Waals surface area contributed by atoms with Crippen LogP contribution in [0.25, 0.3) is 0 Å². The third-order valence-corrected chi connectivity index (χ3v) is 6.54. The number of nitrogens with zero attached hydrogens (tertiary/aromatic N) is 3. The van der Waals surface area contributed by atoms with E-state index in [9.17, 15) is 39.9 Å². The summed E-state index contributed by atoms with van der Waals surface area (Å²) in [5, 5.41) is 9.44. The molecule has 0 amide bonds. The molecule has 1 aromatic carbocycles. The molecule has 0 saturated heterocycles. The zero-order chi connectivity index (χ0) is 23.9. The van der Waals surface area contributed by atoms with Gasteiger partial charge in [0.1, 0.15) is 10.7 Å². The smallest absolute Gasteiger partial charge is 0.384 e. The first-order valence-corrected chi connectivity index (χ1v) is 10.3. The highest BCUT2D eigenvalue weighted by atomic mass is 32.2. The van der Waals surface area contributed by atoms with Crippen LogP contribution in [0.5, 0.6) is 0 Å². The second-order valence-electron chi connectivity index (χ2n) is 6.78. The Hall–Kier alpha value is -3.00. The molecule has 2 heterocycles. The van der Waals surface area contributed by atoms with Crippen molar-refractivity contribution in [1.29, 1.82) is 0 Å². The predicted molar refractivity (Wildman–Crippen MR) is 101 cm³/mol. The Balaban J connectivity index is 1.82. The summed E-state index contributed by atoms with van der Waals surface area (Å²) in [5.74, 6) is 0.135. The topological polar surface area (TPSA) is 99.8 Å². The highest BCUT2D eigenvalue weighted by Gasteiger charge is 2.71. The van der Waals surface area contributed by atoms with Crippen LogP contribution < -0.4 is 10.6 Å². The highest BCUT2D eigenvalue weighted by Crippen LogP contribution is 2.50. The number of halogens is 6. The number of benzene rings is 1. The van der Waals surface area contributed by atoms with Crippen LogP contribution in [0.2, 0.25) is 0 Å². The zero-order valence-electron chi connectivity index (χ0n) is 16.0. The van der Waals surface area contributed by atoms with Gasteiger partial charge in [0, 0.05) is 36.4 Å². The van der Waals surface area contributed by atoms with Crippen molar-refractivity contribution in [1.82, 2.24) is 9.29 Å². The van der Waals surface area contributed by atoms with Gasteiger partial charge < -0.3 is 15.7 Å². The van der Waals surface area contributed by atoms with Gasteiger partial charge in [-0.1, -0.05) is 12.1 Å². The summed E-state index contributed by atoms with van der Waals surface area (Å²) in [6.45, 7) is 0.000286. The minimum atomic E-state index is -5.98. The Kier molecular flexibility index (Phi) is 5.80. The van der Waals surface area contributed by atoms with Crippen LogP contribution >= 0.6 is 0 Å². The molecule has 2 aromatic rings. The van der Waals surface area contributed by atoms with Gasteiger partial charge in [0.25, 0.3) is 15.6 Å². The first kappa shape index (κ1) is 23.7. The first-order chi connectivity index (χ1) is 14.7. The lowest BCUT2D eigenvalue weighted by Gasteiger charge is -2.33. The van der Waals surface area contributed by atoms with E-state index in [1.807, 2.05) is 0 Å². The lowest BCUT2D eigenvalue weighted by molar-refractivity contribution is -0.376. The van der Waals surface area contributed by atoms with Gasteiger partial charge in [-0.25, -0.2) is 13.4 Å². The van der Waals surface area contributed by atoms with Gasteiger partial charge in [-0.15, -0.1) is 0 Å². The van der Waals surface area contributed by atoms with Crippen molar-refractivity contribution in [2.24, 2.45) is 0 Å². The van der Waals surface area contributed by atoms with E-state index in [2.05, 4.69) is 4.98 Å². The first-order valence-electron chi connectivity index (χ1n) is 8.82. The average Bonchev–Trinajstić information content (AvgIpc) is 2.72. The van der Waals surface area contributed by atoms with Gasteiger partial charge in [-0.3, -0.25) is 4.31 Å². The fraction of sp³-hybridized carbons (Fsp3) is 0.278. The van der Waals surface area contributed by atoms with E-state index in [1.54, 1.807) is 0 Å². The van der Waals surface area contributed by atoms with Crippen molar-refractivity contribution in [3.8, 4) is 0 Å². The second-order valence-corrected chi connectivity index (χ2v) is 8.67. The van der Waals surface area contributed by atoms with Gasteiger partial charge in [0.2, 0.25) is 0 Å². The number of anilines is 2. The Morgan fingerprint density at radius 2 is 1.50 bits per heavy atom. The van der Waals surface area contributed by atoms with Crippen LogP contribution in [0, 0.1) is 0 Å². The number of nitrogen functional groups attached to an aromatic ring is 1. The third kappa shape index (κ3) is 4.07. The molecule has 0 unspecified atom stereocenters. The quantitative estimate of drug-likeness (QED) is 0.651. The number of nitrogens with two attached hydrogens (primary N) is 1. The highest BCUT2D eigenvalue weighted by molar-refractivity contribution is 7.89. The Morgan fingerprint density at radius 1 is 0.906 bits per heavy atom. The summed E-state index contributed by atoms with van der Waals surface area (Å²) in [5.41, 5.74) is -0.774. The monoisotopic (exact) mass is 482 g/mol. The molecule has 7 nitrogen and oxygen atoms in total. The normalized spacial score (nSPS) is 15.8. The Bertz CT molecular complexity index is 1090. The number of rotatable bonds is 4. The molecule has 0 fully saturated rings. The average molecular weight is 482 g/mol. The molecule has 0 saturated carbocycles. The largest absolute Gasteiger partial charge is 0.430 e. The van der Waals surface area contributed by atoms with Crippen LogP contribution in [0.15, 0.2) is 59.9 Å². The molecule has 0 bridgehead atoms. The van der Waals surface area contributed by atoms with Crippen molar-refractivity contribution in [3.63, 3.8) is 0 Å². The molecule has 14 heteroatoms. The maximum atomic E-state index is 13.0. The summed E-state index contributed by atoms with van der Waals surface area (Å²) in [6.07, 6.45) is -8.37. The van der Waals surface area contributed by atoms with Crippen molar-refractivity contribution in [3.05, 3.63) is 60.6 Å². The molecule has 0 aliphatic carbocycles. The van der Waals surface area contributed by atoms with Crippen LogP contribution in [-0.4, -0.2) is 48.3 Å². The SMILES string of the molecule is Nc1ccc(S(=O)(=O)N2C=CN(c3ccc(C(O)(C(F)(F)F)C(F)(F)F)cc3)CC2)cn1. The zero-order valence-corrected chi connectivity index (χ0v) is 16.8. The number of alkyl halides is 6. The molecule has 1 aliphatic rings. The summed E-state index contributed by atoms with van der Waals surface area (Å²) in [4.78, 5) is 5.05. The molecule has 1 aliphatic heterocycles. The van der Waals surface area contributed by atoms with Crippen molar-refractivity contribution in [2.75, 3.05) is 23.7 Å². The molecule has 0 atom stereocenters. The maximum absolute atomic E-state index is 13.0. The number of aliphatic hydroxyl groups is 1. The van der Waals surface area contributed by atoms with Gasteiger partial charge >= 0.3 is 12.4 Å². The number of pyridine rings is 1. The number of aromatic nitrogens is 1. The number of sulfonamides is 1. The van der Waals surface area contributed by atoms with E-state index >= 15 is 0 Å². The fourth-order valence-corrected chi connectivity index (χ4v) is 4.22. The molecule has 174 valence electrons. The van der Waals surface area contributed by atoms with Crippen molar-refractivity contribution >= 4 is 21.5 Å². The van der Waals surface area contributed by atoms with E-state index in [0.717, 1.165) is 22.6 Å². The second kappa shape index (κ2) is 7.85. The molecule has 0 radical (unpaired) electrons. The van der Waals surface area contributed by atoms with E-state index in [0.29, 0.717) is 12.1 Å². The van der Waals surface area contributed by atoms with Gasteiger partial charge in [0.05, 0.1) is 6.54 Å². The van der Waals surface area contributed by atoms with E-state index in [-0.39, 0.29) is 29.5 Å². The third-order valence-electron chi connectivity index (χ3n) is 4.78. The lowest BCUT2D eigenvalue weighted by atomic mass is 9.92. The lowest BCUT2D eigenvalue weighted by Crippen LogP contribution is -2.53. The maximum Gasteiger partial charge on any atom is 0.430 e.